The van der Waals surface area contributed by atoms with Crippen LogP contribution in [0.2, 0.25) is 5.02 Å². The zero-order valence-corrected chi connectivity index (χ0v) is 10.6. The minimum atomic E-state index is 0.727. The van der Waals surface area contributed by atoms with Crippen LogP contribution in [-0.4, -0.2) is 9.55 Å². The molecule has 0 spiro atoms. The highest BCUT2D eigenvalue weighted by Gasteiger charge is 2.05. The number of H-pyrrole nitrogens is 1. The Bertz CT molecular complexity index is 542. The van der Waals surface area contributed by atoms with Crippen molar-refractivity contribution < 1.29 is 0 Å². The first-order valence-electron chi connectivity index (χ1n) is 5.23. The molecule has 0 aliphatic carbocycles. The van der Waals surface area contributed by atoms with Crippen LogP contribution in [-0.2, 0) is 13.0 Å². The van der Waals surface area contributed by atoms with E-state index in [0.29, 0.717) is 0 Å². The lowest BCUT2D eigenvalue weighted by Crippen LogP contribution is -2.04. The molecule has 0 aliphatic heterocycles. The van der Waals surface area contributed by atoms with Crippen LogP contribution in [0, 0.1) is 4.77 Å². The SMILES string of the molecule is CCc1c[nH]c(=S)n1Cc1ccccc1Cl. The van der Waals surface area contributed by atoms with E-state index in [2.05, 4.69) is 16.5 Å². The standard InChI is InChI=1S/C12H13ClN2S/c1-2-10-7-14-12(16)15(10)8-9-5-3-4-6-11(9)13/h3-7H,2,8H2,1H3,(H,14,16). The minimum absolute atomic E-state index is 0.727. The maximum absolute atomic E-state index is 6.13. The maximum Gasteiger partial charge on any atom is 0.177 e. The molecule has 1 N–H and O–H groups in total. The molecule has 1 aromatic carbocycles. The molecular formula is C12H13ClN2S. The average Bonchev–Trinajstić information content (AvgIpc) is 2.63. The number of nitrogens with zero attached hydrogens (tertiary/aromatic N) is 1. The van der Waals surface area contributed by atoms with Gasteiger partial charge >= 0.3 is 0 Å². The van der Waals surface area contributed by atoms with Crippen molar-refractivity contribution in [2.45, 2.75) is 19.9 Å². The predicted molar refractivity (Wildman–Crippen MR) is 69.5 cm³/mol. The summed E-state index contributed by atoms with van der Waals surface area (Å²) in [6.45, 7) is 2.84. The normalized spacial score (nSPS) is 10.6. The molecular weight excluding hydrogens is 240 g/mol. The Morgan fingerprint density at radius 3 is 2.81 bits per heavy atom. The number of aromatic nitrogens is 2. The molecule has 2 rings (SSSR count). The fourth-order valence-electron chi connectivity index (χ4n) is 1.69. The number of hydrogen-bond donors (Lipinski definition) is 1. The lowest BCUT2D eigenvalue weighted by atomic mass is 10.2. The minimum Gasteiger partial charge on any atom is -0.337 e. The van der Waals surface area contributed by atoms with Crippen LogP contribution in [0.25, 0.3) is 0 Å². The Kier molecular flexibility index (Phi) is 3.46. The molecule has 0 bridgehead atoms. The summed E-state index contributed by atoms with van der Waals surface area (Å²) in [7, 11) is 0. The summed E-state index contributed by atoms with van der Waals surface area (Å²) in [5, 5.41) is 0.785. The first-order chi connectivity index (χ1) is 7.72. The molecule has 84 valence electrons. The van der Waals surface area contributed by atoms with Gasteiger partial charge in [0, 0.05) is 16.9 Å². The van der Waals surface area contributed by atoms with Crippen molar-refractivity contribution in [1.82, 2.24) is 9.55 Å². The lowest BCUT2D eigenvalue weighted by molar-refractivity contribution is 0.736. The Morgan fingerprint density at radius 2 is 2.12 bits per heavy atom. The van der Waals surface area contributed by atoms with E-state index in [1.54, 1.807) is 0 Å². The van der Waals surface area contributed by atoms with Crippen LogP contribution >= 0.6 is 23.8 Å². The molecule has 1 heterocycles. The maximum atomic E-state index is 6.13. The van der Waals surface area contributed by atoms with E-state index in [4.69, 9.17) is 23.8 Å². The molecule has 2 aromatic rings. The van der Waals surface area contributed by atoms with E-state index < -0.39 is 0 Å². The van der Waals surface area contributed by atoms with Gasteiger partial charge < -0.3 is 9.55 Å². The molecule has 1 aromatic heterocycles. The second-order valence-electron chi connectivity index (χ2n) is 3.62. The van der Waals surface area contributed by atoms with Gasteiger partial charge in [0.2, 0.25) is 0 Å². The molecule has 4 heteroatoms. The van der Waals surface area contributed by atoms with Gasteiger partial charge in [-0.15, -0.1) is 0 Å². The van der Waals surface area contributed by atoms with E-state index >= 15 is 0 Å². The summed E-state index contributed by atoms with van der Waals surface area (Å²) in [5.74, 6) is 0. The lowest BCUT2D eigenvalue weighted by Gasteiger charge is -2.08. The Morgan fingerprint density at radius 1 is 1.38 bits per heavy atom. The van der Waals surface area contributed by atoms with Gasteiger partial charge in [-0.3, -0.25) is 0 Å². The Hall–Kier alpha value is -1.06. The molecule has 0 saturated carbocycles. The van der Waals surface area contributed by atoms with Crippen LogP contribution < -0.4 is 0 Å². The van der Waals surface area contributed by atoms with Gasteiger partial charge in [-0.25, -0.2) is 0 Å². The second-order valence-corrected chi connectivity index (χ2v) is 4.41. The van der Waals surface area contributed by atoms with E-state index in [9.17, 15) is 0 Å². The number of aromatic amines is 1. The largest absolute Gasteiger partial charge is 0.337 e. The zero-order valence-electron chi connectivity index (χ0n) is 9.03. The van der Waals surface area contributed by atoms with Gasteiger partial charge in [0.05, 0.1) is 6.54 Å². The van der Waals surface area contributed by atoms with Crippen LogP contribution in [0.15, 0.2) is 30.5 Å². The molecule has 0 saturated heterocycles. The number of rotatable bonds is 3. The van der Waals surface area contributed by atoms with Crippen molar-refractivity contribution in [3.63, 3.8) is 0 Å². The fourth-order valence-corrected chi connectivity index (χ4v) is 2.13. The van der Waals surface area contributed by atoms with Crippen molar-refractivity contribution in [1.29, 1.82) is 0 Å². The summed E-state index contributed by atoms with van der Waals surface area (Å²) >= 11 is 11.4. The van der Waals surface area contributed by atoms with Gasteiger partial charge in [-0.05, 0) is 30.3 Å². The average molecular weight is 253 g/mol. The Labute approximate surface area is 105 Å². The van der Waals surface area contributed by atoms with Crippen LogP contribution in [0.4, 0.5) is 0 Å². The van der Waals surface area contributed by atoms with Crippen LogP contribution in [0.3, 0.4) is 0 Å². The first-order valence-corrected chi connectivity index (χ1v) is 6.01. The fraction of sp³-hybridized carbons (Fsp3) is 0.250. The van der Waals surface area contributed by atoms with Gasteiger partial charge in [0.25, 0.3) is 0 Å². The van der Waals surface area contributed by atoms with E-state index in [1.807, 2.05) is 30.5 Å². The second kappa shape index (κ2) is 4.85. The summed E-state index contributed by atoms with van der Waals surface area (Å²) in [4.78, 5) is 3.06. The Balaban J connectivity index is 2.37. The monoisotopic (exact) mass is 252 g/mol. The molecule has 0 amide bonds. The number of nitrogens with one attached hydrogen (secondary N) is 1. The van der Waals surface area contributed by atoms with Crippen molar-refractivity contribution in [2.75, 3.05) is 0 Å². The predicted octanol–water partition coefficient (Wildman–Crippen LogP) is 3.81. The summed E-state index contributed by atoms with van der Waals surface area (Å²) in [6, 6.07) is 7.85. The number of hydrogen-bond acceptors (Lipinski definition) is 1. The molecule has 0 aliphatic rings. The summed E-state index contributed by atoms with van der Waals surface area (Å²) in [5.41, 5.74) is 2.29. The van der Waals surface area contributed by atoms with Crippen molar-refractivity contribution in [3.05, 3.63) is 51.5 Å². The van der Waals surface area contributed by atoms with Crippen molar-refractivity contribution in [3.8, 4) is 0 Å². The highest BCUT2D eigenvalue weighted by molar-refractivity contribution is 7.71. The molecule has 0 radical (unpaired) electrons. The number of halogens is 1. The van der Waals surface area contributed by atoms with Crippen LogP contribution in [0.1, 0.15) is 18.2 Å². The molecule has 0 unspecified atom stereocenters. The van der Waals surface area contributed by atoms with Crippen molar-refractivity contribution >= 4 is 23.8 Å². The van der Waals surface area contributed by atoms with E-state index in [-0.39, 0.29) is 0 Å². The van der Waals surface area contributed by atoms with Gasteiger partial charge in [0.1, 0.15) is 0 Å². The highest BCUT2D eigenvalue weighted by atomic mass is 35.5. The zero-order chi connectivity index (χ0) is 11.5. The van der Waals surface area contributed by atoms with Gasteiger partial charge in [-0.1, -0.05) is 36.7 Å². The third-order valence-corrected chi connectivity index (χ3v) is 3.31. The molecule has 0 fully saturated rings. The quantitative estimate of drug-likeness (QED) is 0.824. The van der Waals surface area contributed by atoms with E-state index in [0.717, 1.165) is 28.3 Å². The molecule has 2 nitrogen and oxygen atoms in total. The van der Waals surface area contributed by atoms with Gasteiger partial charge in [-0.2, -0.15) is 0 Å². The van der Waals surface area contributed by atoms with Crippen LogP contribution in [0.5, 0.6) is 0 Å². The summed E-state index contributed by atoms with van der Waals surface area (Å²) < 4.78 is 2.83. The van der Waals surface area contributed by atoms with E-state index in [1.165, 1.54) is 5.69 Å². The number of benzene rings is 1. The molecule has 16 heavy (non-hydrogen) atoms. The molecule has 0 atom stereocenters. The first kappa shape index (κ1) is 11.4. The highest BCUT2D eigenvalue weighted by Crippen LogP contribution is 2.17. The topological polar surface area (TPSA) is 20.7 Å². The smallest absolute Gasteiger partial charge is 0.177 e. The third-order valence-electron chi connectivity index (χ3n) is 2.60. The van der Waals surface area contributed by atoms with Gasteiger partial charge in [0.15, 0.2) is 4.77 Å². The van der Waals surface area contributed by atoms with Crippen molar-refractivity contribution in [2.24, 2.45) is 0 Å². The number of aryl methyl sites for hydroxylation is 1. The number of imidazole rings is 1. The summed E-state index contributed by atoms with van der Waals surface area (Å²) in [6.07, 6.45) is 2.91. The third kappa shape index (κ3) is 2.20.